The molecule has 0 spiro atoms. The van der Waals surface area contributed by atoms with Crippen LogP contribution in [0.3, 0.4) is 0 Å². The molecule has 0 aliphatic carbocycles. The number of aromatic nitrogens is 3. The van der Waals surface area contributed by atoms with E-state index in [9.17, 15) is 4.39 Å². The van der Waals surface area contributed by atoms with Gasteiger partial charge in [0.25, 0.3) is 0 Å². The monoisotopic (exact) mass is 297 g/mol. The second-order valence-electron chi connectivity index (χ2n) is 3.82. The van der Waals surface area contributed by atoms with E-state index >= 15 is 0 Å². The van der Waals surface area contributed by atoms with Gasteiger partial charge < -0.3 is 4.98 Å². The van der Waals surface area contributed by atoms with Gasteiger partial charge in [-0.15, -0.1) is 0 Å². The van der Waals surface area contributed by atoms with E-state index in [2.05, 4.69) is 15.0 Å². The van der Waals surface area contributed by atoms with Crippen molar-refractivity contribution in [3.63, 3.8) is 0 Å². The maximum absolute atomic E-state index is 13.0. The van der Waals surface area contributed by atoms with Crippen LogP contribution in [-0.4, -0.2) is 15.0 Å². The topological polar surface area (TPSA) is 41.6 Å². The lowest BCUT2D eigenvalue weighted by atomic mass is 10.2. The zero-order valence-electron chi connectivity index (χ0n) is 9.99. The molecular weight excluding hydrogens is 288 g/mol. The van der Waals surface area contributed by atoms with Crippen molar-refractivity contribution in [3.8, 4) is 0 Å². The minimum absolute atomic E-state index is 0.160. The molecule has 0 saturated carbocycles. The first-order valence-corrected chi connectivity index (χ1v) is 6.19. The zero-order valence-corrected chi connectivity index (χ0v) is 11.5. The van der Waals surface area contributed by atoms with E-state index in [1.54, 1.807) is 6.07 Å². The maximum Gasteiger partial charge on any atom is 0.133 e. The summed E-state index contributed by atoms with van der Waals surface area (Å²) in [5, 5.41) is 1.40. The summed E-state index contributed by atoms with van der Waals surface area (Å²) in [6, 6.07) is 8.32. The van der Waals surface area contributed by atoms with Crippen molar-refractivity contribution in [3.05, 3.63) is 58.5 Å². The number of hydrogen-bond donors (Lipinski definition) is 1. The molecule has 3 aromatic rings. The van der Waals surface area contributed by atoms with Gasteiger partial charge in [0.05, 0.1) is 0 Å². The molecule has 0 atom stereocenters. The van der Waals surface area contributed by atoms with Crippen molar-refractivity contribution in [1.29, 1.82) is 0 Å². The summed E-state index contributed by atoms with van der Waals surface area (Å²) >= 11 is 10.8. The van der Waals surface area contributed by atoms with Crippen molar-refractivity contribution in [2.75, 3.05) is 0 Å². The summed E-state index contributed by atoms with van der Waals surface area (Å²) < 4.78 is 13.0. The van der Waals surface area contributed by atoms with Crippen molar-refractivity contribution in [1.82, 2.24) is 15.0 Å². The quantitative estimate of drug-likeness (QED) is 0.625. The number of hydrogen-bond acceptors (Lipinski definition) is 2. The molecule has 98 valence electrons. The van der Waals surface area contributed by atoms with Gasteiger partial charge in [-0.2, -0.15) is 0 Å². The highest BCUT2D eigenvalue weighted by Crippen LogP contribution is 2.17. The molecule has 2 aromatic heterocycles. The molecule has 0 saturated heterocycles. The summed E-state index contributed by atoms with van der Waals surface area (Å²) in [7, 11) is 0. The van der Waals surface area contributed by atoms with Gasteiger partial charge in [0, 0.05) is 22.7 Å². The number of H-pyrrole nitrogens is 1. The second kappa shape index (κ2) is 5.99. The summed E-state index contributed by atoms with van der Waals surface area (Å²) in [4.78, 5) is 10.3. The number of aromatic amines is 1. The Morgan fingerprint density at radius 2 is 1.79 bits per heavy atom. The van der Waals surface area contributed by atoms with Gasteiger partial charge in [0.1, 0.15) is 22.5 Å². The third-order valence-electron chi connectivity index (χ3n) is 2.35. The van der Waals surface area contributed by atoms with Crippen molar-refractivity contribution >= 4 is 34.1 Å². The number of fused-ring (bicyclic) bond motifs is 1. The number of rotatable bonds is 0. The van der Waals surface area contributed by atoms with Crippen LogP contribution in [0.4, 0.5) is 4.39 Å². The Balaban J connectivity index is 0.000000148. The van der Waals surface area contributed by atoms with E-state index in [1.807, 2.05) is 19.1 Å². The van der Waals surface area contributed by atoms with Crippen LogP contribution in [0.15, 0.2) is 36.7 Å². The highest BCUT2D eigenvalue weighted by molar-refractivity contribution is 6.33. The van der Waals surface area contributed by atoms with Crippen LogP contribution < -0.4 is 0 Å². The SMILES string of the molecule is Cc1cc2c(F)cccc2[nH]1.Clc1cc(Cl)ncn1. The smallest absolute Gasteiger partial charge is 0.133 e. The van der Waals surface area contributed by atoms with Crippen LogP contribution in [0.5, 0.6) is 0 Å². The number of halogens is 3. The molecule has 0 fully saturated rings. The first kappa shape index (κ1) is 13.8. The molecule has 6 heteroatoms. The van der Waals surface area contributed by atoms with Crippen LogP contribution >= 0.6 is 23.2 Å². The van der Waals surface area contributed by atoms with Gasteiger partial charge in [0.15, 0.2) is 0 Å². The van der Waals surface area contributed by atoms with Gasteiger partial charge in [0.2, 0.25) is 0 Å². The van der Waals surface area contributed by atoms with Gasteiger partial charge in [-0.1, -0.05) is 29.3 Å². The molecule has 0 bridgehead atoms. The number of aryl methyl sites for hydroxylation is 1. The first-order valence-electron chi connectivity index (χ1n) is 5.43. The Bertz CT molecular complexity index is 680. The molecule has 19 heavy (non-hydrogen) atoms. The average molecular weight is 298 g/mol. The van der Waals surface area contributed by atoms with Crippen molar-refractivity contribution < 1.29 is 4.39 Å². The average Bonchev–Trinajstić information content (AvgIpc) is 2.72. The molecule has 0 aliphatic rings. The van der Waals surface area contributed by atoms with Crippen LogP contribution in [0.25, 0.3) is 10.9 Å². The zero-order chi connectivity index (χ0) is 13.8. The fourth-order valence-electron chi connectivity index (χ4n) is 1.57. The Hall–Kier alpha value is -1.65. The van der Waals surface area contributed by atoms with Crippen LogP contribution in [-0.2, 0) is 0 Å². The third kappa shape index (κ3) is 3.66. The summed E-state index contributed by atoms with van der Waals surface area (Å²) in [6.45, 7) is 1.92. The van der Waals surface area contributed by atoms with Crippen molar-refractivity contribution in [2.45, 2.75) is 6.92 Å². The molecule has 1 aromatic carbocycles. The molecule has 3 rings (SSSR count). The standard InChI is InChI=1S/C9H8FN.C4H2Cl2N2/c1-6-5-7-8(10)3-2-4-9(7)11-6;5-3-1-4(6)8-2-7-3/h2-5,11H,1H3;1-2H. The normalized spacial score (nSPS) is 10.1. The van der Waals surface area contributed by atoms with Gasteiger partial charge in [-0.3, -0.25) is 0 Å². The number of nitrogens with zero attached hydrogens (tertiary/aromatic N) is 2. The van der Waals surface area contributed by atoms with Gasteiger partial charge in [-0.25, -0.2) is 14.4 Å². The summed E-state index contributed by atoms with van der Waals surface area (Å²) in [6.07, 6.45) is 1.31. The third-order valence-corrected chi connectivity index (χ3v) is 2.76. The highest BCUT2D eigenvalue weighted by atomic mass is 35.5. The first-order chi connectivity index (χ1) is 9.06. The lowest BCUT2D eigenvalue weighted by Gasteiger charge is -1.88. The Morgan fingerprint density at radius 3 is 2.32 bits per heavy atom. The fourth-order valence-corrected chi connectivity index (χ4v) is 1.92. The molecule has 0 radical (unpaired) electrons. The van der Waals surface area contributed by atoms with E-state index < -0.39 is 0 Å². The van der Waals surface area contributed by atoms with E-state index in [-0.39, 0.29) is 5.82 Å². The van der Waals surface area contributed by atoms with Crippen LogP contribution in [0, 0.1) is 12.7 Å². The molecule has 0 amide bonds. The molecule has 3 nitrogen and oxygen atoms in total. The predicted octanol–water partition coefficient (Wildman–Crippen LogP) is 4.40. The second-order valence-corrected chi connectivity index (χ2v) is 4.59. The minimum Gasteiger partial charge on any atom is -0.359 e. The maximum atomic E-state index is 13.0. The summed E-state index contributed by atoms with van der Waals surface area (Å²) in [5.41, 5.74) is 1.85. The Kier molecular flexibility index (Phi) is 4.35. The predicted molar refractivity (Wildman–Crippen MR) is 75.0 cm³/mol. The fraction of sp³-hybridized carbons (Fsp3) is 0.0769. The van der Waals surface area contributed by atoms with E-state index in [0.717, 1.165) is 11.2 Å². The number of nitrogens with one attached hydrogen (secondary N) is 1. The van der Waals surface area contributed by atoms with E-state index in [1.165, 1.54) is 18.5 Å². The van der Waals surface area contributed by atoms with Gasteiger partial charge in [-0.05, 0) is 25.1 Å². The highest BCUT2D eigenvalue weighted by Gasteiger charge is 2.00. The van der Waals surface area contributed by atoms with Crippen LogP contribution in [0.1, 0.15) is 5.69 Å². The molecular formula is C13H10Cl2FN3. The van der Waals surface area contributed by atoms with Gasteiger partial charge >= 0.3 is 0 Å². The lowest BCUT2D eigenvalue weighted by Crippen LogP contribution is -1.76. The van der Waals surface area contributed by atoms with Crippen molar-refractivity contribution in [2.24, 2.45) is 0 Å². The van der Waals surface area contributed by atoms with Crippen LogP contribution in [0.2, 0.25) is 10.3 Å². The molecule has 0 unspecified atom stereocenters. The van der Waals surface area contributed by atoms with E-state index in [0.29, 0.717) is 15.7 Å². The molecule has 0 aliphatic heterocycles. The molecule has 1 N–H and O–H groups in total. The number of benzene rings is 1. The summed E-state index contributed by atoms with van der Waals surface area (Å²) in [5.74, 6) is -0.160. The largest absolute Gasteiger partial charge is 0.359 e. The Morgan fingerprint density at radius 1 is 1.11 bits per heavy atom. The lowest BCUT2D eigenvalue weighted by molar-refractivity contribution is 0.640. The van der Waals surface area contributed by atoms with E-state index in [4.69, 9.17) is 23.2 Å². The minimum atomic E-state index is -0.160. The molecule has 2 heterocycles. The Labute approximate surface area is 119 Å².